The van der Waals surface area contributed by atoms with E-state index in [1.807, 2.05) is 0 Å². The summed E-state index contributed by atoms with van der Waals surface area (Å²) in [5, 5.41) is 18.6. The van der Waals surface area contributed by atoms with Crippen molar-refractivity contribution in [2.75, 3.05) is 0 Å². The van der Waals surface area contributed by atoms with Crippen molar-refractivity contribution in [2.24, 2.45) is 0 Å². The van der Waals surface area contributed by atoms with Gasteiger partial charge in [0.25, 0.3) is 0 Å². The van der Waals surface area contributed by atoms with Crippen molar-refractivity contribution in [3.8, 4) is 0 Å². The van der Waals surface area contributed by atoms with Gasteiger partial charge in [0.15, 0.2) is 0 Å². The second-order valence-corrected chi connectivity index (χ2v) is 5.79. The van der Waals surface area contributed by atoms with Crippen LogP contribution in [0.5, 0.6) is 0 Å². The van der Waals surface area contributed by atoms with Gasteiger partial charge in [0.1, 0.15) is 5.76 Å². The van der Waals surface area contributed by atoms with E-state index in [2.05, 4.69) is 0 Å². The fourth-order valence-electron chi connectivity index (χ4n) is 3.15. The second kappa shape index (κ2) is 4.25. The van der Waals surface area contributed by atoms with Crippen LogP contribution in [0.3, 0.4) is 0 Å². The molecule has 0 aromatic rings. The van der Waals surface area contributed by atoms with E-state index >= 15 is 8.78 Å². The van der Waals surface area contributed by atoms with E-state index in [9.17, 15) is 35.8 Å². The third-order valence-electron chi connectivity index (χ3n) is 4.53. The quantitative estimate of drug-likeness (QED) is 0.629. The van der Waals surface area contributed by atoms with Crippen LogP contribution in [-0.4, -0.2) is 45.2 Å². The van der Waals surface area contributed by atoms with Gasteiger partial charge in [-0.25, -0.2) is 8.78 Å². The first-order valence-corrected chi connectivity index (χ1v) is 6.55. The van der Waals surface area contributed by atoms with Crippen molar-refractivity contribution in [1.29, 1.82) is 0 Å². The van der Waals surface area contributed by atoms with E-state index in [0.29, 0.717) is 12.2 Å². The second-order valence-electron chi connectivity index (χ2n) is 5.79. The smallest absolute Gasteiger partial charge is 0.382 e. The molecule has 3 aliphatic carbocycles. The first kappa shape index (κ1) is 17.9. The lowest BCUT2D eigenvalue weighted by atomic mass is 9.59. The van der Waals surface area contributed by atoms with Crippen molar-refractivity contribution in [2.45, 2.75) is 35.0 Å². The molecule has 0 aromatic heterocycles. The van der Waals surface area contributed by atoms with Gasteiger partial charge in [-0.3, -0.25) is 0 Å². The van der Waals surface area contributed by atoms with Crippen molar-refractivity contribution in [3.05, 3.63) is 47.3 Å². The molecule has 0 aromatic carbocycles. The van der Waals surface area contributed by atoms with Crippen molar-refractivity contribution < 1.29 is 49.7 Å². The van der Waals surface area contributed by atoms with Crippen LogP contribution in [0.25, 0.3) is 0 Å². The normalized spacial score (nSPS) is 43.4. The number of hydrogen-bond donors (Lipinski definition) is 2. The van der Waals surface area contributed by atoms with Crippen molar-refractivity contribution in [3.63, 3.8) is 0 Å². The Morgan fingerprint density at radius 2 is 1.28 bits per heavy atom. The Kier molecular flexibility index (Phi) is 3.04. The standard InChI is InChI=1S/C14H7F9O2/c15-9-5-1-2-7(24)6(9)3-4-8-10(9,16)12(18,19)14(22,23)13(20,21)11(8,17)25/h1-5,24-25H. The Hall–Kier alpha value is -1.91. The fraction of sp³-hybridized carbons (Fsp3) is 0.429. The molecule has 1 fully saturated rings. The largest absolute Gasteiger partial charge is 0.508 e. The molecule has 138 valence electrons. The van der Waals surface area contributed by atoms with Crippen LogP contribution in [0.4, 0.5) is 39.5 Å². The molecule has 11 heteroatoms. The van der Waals surface area contributed by atoms with Crippen LogP contribution in [0.1, 0.15) is 0 Å². The first-order chi connectivity index (χ1) is 11.1. The Balaban J connectivity index is 2.45. The fourth-order valence-corrected chi connectivity index (χ4v) is 3.15. The van der Waals surface area contributed by atoms with Gasteiger partial charge in [-0.1, -0.05) is 18.2 Å². The number of fused-ring (bicyclic) bond motifs is 3. The van der Waals surface area contributed by atoms with Crippen LogP contribution in [-0.2, 0) is 0 Å². The highest BCUT2D eigenvalue weighted by molar-refractivity contribution is 5.60. The molecule has 2 N–H and O–H groups in total. The zero-order valence-corrected chi connectivity index (χ0v) is 11.7. The molecule has 0 saturated heterocycles. The van der Waals surface area contributed by atoms with Gasteiger partial charge in [0.2, 0.25) is 11.3 Å². The summed E-state index contributed by atoms with van der Waals surface area (Å²) in [6.45, 7) is 0. The van der Waals surface area contributed by atoms with E-state index < -0.39 is 51.9 Å². The highest BCUT2D eigenvalue weighted by Gasteiger charge is 2.95. The van der Waals surface area contributed by atoms with Gasteiger partial charge in [0, 0.05) is 11.1 Å². The lowest BCUT2D eigenvalue weighted by Gasteiger charge is -2.56. The number of rotatable bonds is 0. The van der Waals surface area contributed by atoms with Crippen molar-refractivity contribution >= 4 is 0 Å². The number of allylic oxidation sites excluding steroid dienone is 6. The molecule has 2 nitrogen and oxygen atoms in total. The van der Waals surface area contributed by atoms with Crippen LogP contribution < -0.4 is 0 Å². The van der Waals surface area contributed by atoms with Gasteiger partial charge in [-0.2, -0.15) is 30.7 Å². The topological polar surface area (TPSA) is 40.5 Å². The summed E-state index contributed by atoms with van der Waals surface area (Å²) in [4.78, 5) is 0. The average Bonchev–Trinajstić information content (AvgIpc) is 2.47. The maximum Gasteiger partial charge on any atom is 0.382 e. The van der Waals surface area contributed by atoms with E-state index in [-0.39, 0.29) is 18.2 Å². The minimum Gasteiger partial charge on any atom is -0.508 e. The van der Waals surface area contributed by atoms with Gasteiger partial charge < -0.3 is 10.2 Å². The Labute approximate surface area is 133 Å². The van der Waals surface area contributed by atoms with Crippen LogP contribution in [0.2, 0.25) is 0 Å². The molecule has 25 heavy (non-hydrogen) atoms. The summed E-state index contributed by atoms with van der Waals surface area (Å²) in [6, 6.07) is 0. The van der Waals surface area contributed by atoms with E-state index in [4.69, 9.17) is 5.11 Å². The molecule has 3 unspecified atom stereocenters. The number of aliphatic hydroxyl groups is 2. The molecular formula is C14H7F9O2. The van der Waals surface area contributed by atoms with Gasteiger partial charge in [-0.15, -0.1) is 0 Å². The summed E-state index contributed by atoms with van der Waals surface area (Å²) < 4.78 is 127. The van der Waals surface area contributed by atoms with Crippen molar-refractivity contribution in [1.82, 2.24) is 0 Å². The van der Waals surface area contributed by atoms with Crippen LogP contribution in [0.15, 0.2) is 47.3 Å². The molecule has 0 spiro atoms. The molecule has 3 aliphatic rings. The minimum absolute atomic E-state index is 0.0604. The zero-order valence-electron chi connectivity index (χ0n) is 11.7. The molecule has 3 atom stereocenters. The maximum atomic E-state index is 15.2. The molecule has 1 saturated carbocycles. The molecule has 3 rings (SSSR count). The molecule has 0 radical (unpaired) electrons. The van der Waals surface area contributed by atoms with Crippen LogP contribution >= 0.6 is 0 Å². The highest BCUT2D eigenvalue weighted by atomic mass is 19.4. The Morgan fingerprint density at radius 3 is 1.84 bits per heavy atom. The van der Waals surface area contributed by atoms with E-state index in [1.165, 1.54) is 0 Å². The Morgan fingerprint density at radius 1 is 0.720 bits per heavy atom. The molecule has 0 heterocycles. The number of hydrogen-bond acceptors (Lipinski definition) is 2. The summed E-state index contributed by atoms with van der Waals surface area (Å²) in [5.74, 6) is -26.6. The SMILES string of the molecule is OC1=CC=CC2(F)C1=CC=C1C(O)(F)C(F)(F)C(F)(F)C(F)(F)C12F. The summed E-state index contributed by atoms with van der Waals surface area (Å²) >= 11 is 0. The monoisotopic (exact) mass is 378 g/mol. The summed E-state index contributed by atoms with van der Waals surface area (Å²) in [5.41, 5.74) is -13.7. The van der Waals surface area contributed by atoms with E-state index in [1.54, 1.807) is 0 Å². The average molecular weight is 378 g/mol. The zero-order chi connectivity index (χ0) is 19.3. The number of halogens is 9. The lowest BCUT2D eigenvalue weighted by Crippen LogP contribution is -2.81. The number of alkyl halides is 9. The highest BCUT2D eigenvalue weighted by Crippen LogP contribution is 2.70. The molecular weight excluding hydrogens is 371 g/mol. The minimum atomic E-state index is -6.80. The molecule has 0 amide bonds. The predicted octanol–water partition coefficient (Wildman–Crippen LogP) is 3.86. The maximum absolute atomic E-state index is 15.2. The number of aliphatic hydroxyl groups excluding tert-OH is 1. The van der Waals surface area contributed by atoms with Gasteiger partial charge in [-0.05, 0) is 12.2 Å². The van der Waals surface area contributed by atoms with Gasteiger partial charge in [0.05, 0.1) is 0 Å². The summed E-state index contributed by atoms with van der Waals surface area (Å²) in [6.07, 6.45) is 1.10. The third kappa shape index (κ3) is 1.50. The van der Waals surface area contributed by atoms with E-state index in [0.717, 1.165) is 0 Å². The lowest BCUT2D eigenvalue weighted by molar-refractivity contribution is -0.423. The molecule has 0 bridgehead atoms. The predicted molar refractivity (Wildman–Crippen MR) is 64.6 cm³/mol. The van der Waals surface area contributed by atoms with Crippen LogP contribution in [0, 0.1) is 0 Å². The first-order valence-electron chi connectivity index (χ1n) is 6.55. The Bertz CT molecular complexity index is 777. The third-order valence-corrected chi connectivity index (χ3v) is 4.53. The molecule has 0 aliphatic heterocycles. The van der Waals surface area contributed by atoms with Gasteiger partial charge >= 0.3 is 23.6 Å². The summed E-state index contributed by atoms with van der Waals surface area (Å²) in [7, 11) is 0.